The fourth-order valence-electron chi connectivity index (χ4n) is 3.53. The highest BCUT2D eigenvalue weighted by molar-refractivity contribution is 6.02. The number of aryl methyl sites for hydroxylation is 1. The molecule has 0 aliphatic rings. The lowest BCUT2D eigenvalue weighted by molar-refractivity contribution is 0.909. The van der Waals surface area contributed by atoms with E-state index in [1.54, 1.807) is 18.7 Å². The Balaban J connectivity index is 1.69. The van der Waals surface area contributed by atoms with Crippen LogP contribution in [0.4, 0.5) is 5.82 Å². The second kappa shape index (κ2) is 7.75. The maximum Gasteiger partial charge on any atom is 0.180 e. The highest BCUT2D eigenvalue weighted by Crippen LogP contribution is 2.34. The summed E-state index contributed by atoms with van der Waals surface area (Å²) in [5.41, 5.74) is 4.91. The van der Waals surface area contributed by atoms with Crippen LogP contribution in [0.3, 0.4) is 0 Å². The van der Waals surface area contributed by atoms with Crippen molar-refractivity contribution in [2.75, 3.05) is 5.32 Å². The Kier molecular flexibility index (Phi) is 4.65. The predicted molar refractivity (Wildman–Crippen MR) is 119 cm³/mol. The smallest absolute Gasteiger partial charge is 0.180 e. The van der Waals surface area contributed by atoms with Gasteiger partial charge in [-0.25, -0.2) is 15.0 Å². The number of hydrogen-bond donors (Lipinski definition) is 1. The molecule has 3 aromatic heterocycles. The van der Waals surface area contributed by atoms with E-state index >= 15 is 0 Å². The number of imidazole rings is 1. The molecule has 3 heterocycles. The number of fused-ring (bicyclic) bond motifs is 1. The van der Waals surface area contributed by atoms with Gasteiger partial charge < -0.3 is 9.88 Å². The topological polar surface area (TPSA) is 68.5 Å². The first kappa shape index (κ1) is 18.0. The summed E-state index contributed by atoms with van der Waals surface area (Å²) in [6.45, 7) is 0.570. The summed E-state index contributed by atoms with van der Waals surface area (Å²) in [5, 5.41) is 4.48. The fourth-order valence-corrected chi connectivity index (χ4v) is 3.53. The van der Waals surface area contributed by atoms with Crippen LogP contribution in [-0.2, 0) is 13.6 Å². The van der Waals surface area contributed by atoms with Gasteiger partial charge in [0.2, 0.25) is 0 Å². The number of pyridine rings is 1. The van der Waals surface area contributed by atoms with Gasteiger partial charge in [-0.05, 0) is 29.3 Å². The predicted octanol–water partition coefficient (Wildman–Crippen LogP) is 4.70. The third kappa shape index (κ3) is 3.39. The molecule has 5 rings (SSSR count). The zero-order valence-corrected chi connectivity index (χ0v) is 16.5. The van der Waals surface area contributed by atoms with Crippen LogP contribution in [0.15, 0.2) is 85.5 Å². The average molecular weight is 392 g/mol. The summed E-state index contributed by atoms with van der Waals surface area (Å²) >= 11 is 0. The standard InChI is InChI=1S/C24H20N6/c1-30-16-25-15-21(30)23-28-20-12-7-11-19(17-8-3-2-4-9-17)22(20)24(29-23)27-14-18-10-5-6-13-26-18/h2-13,15-16H,14H2,1H3,(H,27,28,29). The van der Waals surface area contributed by atoms with Gasteiger partial charge in [0.15, 0.2) is 5.82 Å². The first-order valence-electron chi connectivity index (χ1n) is 9.76. The molecule has 0 aliphatic heterocycles. The van der Waals surface area contributed by atoms with Gasteiger partial charge in [0.1, 0.15) is 11.5 Å². The Labute approximate surface area is 174 Å². The van der Waals surface area contributed by atoms with E-state index in [4.69, 9.17) is 9.97 Å². The van der Waals surface area contributed by atoms with Gasteiger partial charge in [0.25, 0.3) is 0 Å². The second-order valence-electron chi connectivity index (χ2n) is 7.03. The van der Waals surface area contributed by atoms with E-state index in [1.165, 1.54) is 0 Å². The number of hydrogen-bond acceptors (Lipinski definition) is 5. The van der Waals surface area contributed by atoms with Crippen LogP contribution < -0.4 is 5.32 Å². The van der Waals surface area contributed by atoms with Crippen LogP contribution >= 0.6 is 0 Å². The van der Waals surface area contributed by atoms with Gasteiger partial charge in [0, 0.05) is 13.2 Å². The first-order chi connectivity index (χ1) is 14.8. The number of nitrogens with one attached hydrogen (secondary N) is 1. The van der Waals surface area contributed by atoms with Crippen molar-refractivity contribution in [3.63, 3.8) is 0 Å². The van der Waals surface area contributed by atoms with Crippen molar-refractivity contribution in [2.45, 2.75) is 6.54 Å². The molecule has 2 aromatic carbocycles. The molecule has 0 saturated carbocycles. The zero-order chi connectivity index (χ0) is 20.3. The SMILES string of the molecule is Cn1cncc1-c1nc(NCc2ccccn2)c2c(-c3ccccc3)cccc2n1. The molecular weight excluding hydrogens is 372 g/mol. The molecule has 0 amide bonds. The molecule has 0 aliphatic carbocycles. The van der Waals surface area contributed by atoms with Crippen molar-refractivity contribution in [1.29, 1.82) is 0 Å². The molecule has 30 heavy (non-hydrogen) atoms. The molecule has 0 unspecified atom stereocenters. The lowest BCUT2D eigenvalue weighted by Crippen LogP contribution is -2.06. The van der Waals surface area contributed by atoms with Gasteiger partial charge in [-0.1, -0.05) is 48.5 Å². The molecule has 6 nitrogen and oxygen atoms in total. The molecule has 6 heteroatoms. The number of benzene rings is 2. The van der Waals surface area contributed by atoms with E-state index in [0.29, 0.717) is 12.4 Å². The summed E-state index contributed by atoms with van der Waals surface area (Å²) in [6, 6.07) is 22.4. The lowest BCUT2D eigenvalue weighted by Gasteiger charge is -2.14. The van der Waals surface area contributed by atoms with Crippen LogP contribution in [0.5, 0.6) is 0 Å². The van der Waals surface area contributed by atoms with Crippen molar-refractivity contribution in [3.05, 3.63) is 91.1 Å². The van der Waals surface area contributed by atoms with E-state index in [2.05, 4.69) is 33.5 Å². The minimum absolute atomic E-state index is 0.570. The third-order valence-electron chi connectivity index (χ3n) is 5.02. The molecule has 146 valence electrons. The Hall–Kier alpha value is -4.06. The number of anilines is 1. The molecule has 0 atom stereocenters. The maximum atomic E-state index is 4.89. The Morgan fingerprint density at radius 2 is 1.77 bits per heavy atom. The van der Waals surface area contributed by atoms with Crippen molar-refractivity contribution in [2.24, 2.45) is 7.05 Å². The summed E-state index contributed by atoms with van der Waals surface area (Å²) < 4.78 is 1.92. The molecule has 5 aromatic rings. The zero-order valence-electron chi connectivity index (χ0n) is 16.5. The third-order valence-corrected chi connectivity index (χ3v) is 5.02. The highest BCUT2D eigenvalue weighted by Gasteiger charge is 2.15. The largest absolute Gasteiger partial charge is 0.364 e. The van der Waals surface area contributed by atoms with Crippen molar-refractivity contribution in [1.82, 2.24) is 24.5 Å². The van der Waals surface area contributed by atoms with Crippen LogP contribution in [0, 0.1) is 0 Å². The Morgan fingerprint density at radius 1 is 0.900 bits per heavy atom. The van der Waals surface area contributed by atoms with Gasteiger partial charge in [-0.15, -0.1) is 0 Å². The first-order valence-corrected chi connectivity index (χ1v) is 9.76. The monoisotopic (exact) mass is 392 g/mol. The van der Waals surface area contributed by atoms with Gasteiger partial charge >= 0.3 is 0 Å². The maximum absolute atomic E-state index is 4.89. The van der Waals surface area contributed by atoms with Crippen LogP contribution in [0.2, 0.25) is 0 Å². The fraction of sp³-hybridized carbons (Fsp3) is 0.0833. The van der Waals surface area contributed by atoms with Gasteiger partial charge in [0.05, 0.1) is 35.7 Å². The molecule has 0 fully saturated rings. The van der Waals surface area contributed by atoms with E-state index in [9.17, 15) is 0 Å². The summed E-state index contributed by atoms with van der Waals surface area (Å²) in [4.78, 5) is 18.4. The van der Waals surface area contributed by atoms with Crippen LogP contribution in [0.1, 0.15) is 5.69 Å². The molecule has 0 bridgehead atoms. The lowest BCUT2D eigenvalue weighted by atomic mass is 10.0. The Morgan fingerprint density at radius 3 is 2.53 bits per heavy atom. The molecular formula is C24H20N6. The van der Waals surface area contributed by atoms with Crippen molar-refractivity contribution >= 4 is 16.7 Å². The van der Waals surface area contributed by atoms with E-state index in [-0.39, 0.29) is 0 Å². The van der Waals surface area contributed by atoms with Gasteiger partial charge in [-0.3, -0.25) is 4.98 Å². The molecule has 0 saturated heterocycles. The summed E-state index contributed by atoms with van der Waals surface area (Å²) in [6.07, 6.45) is 5.33. The summed E-state index contributed by atoms with van der Waals surface area (Å²) in [7, 11) is 1.94. The number of rotatable bonds is 5. The van der Waals surface area contributed by atoms with Crippen molar-refractivity contribution < 1.29 is 0 Å². The van der Waals surface area contributed by atoms with Crippen LogP contribution in [-0.4, -0.2) is 24.5 Å². The normalized spacial score (nSPS) is 11.0. The average Bonchev–Trinajstić information content (AvgIpc) is 3.24. The van der Waals surface area contributed by atoms with E-state index < -0.39 is 0 Å². The molecule has 0 radical (unpaired) electrons. The van der Waals surface area contributed by atoms with Gasteiger partial charge in [-0.2, -0.15) is 0 Å². The summed E-state index contributed by atoms with van der Waals surface area (Å²) in [5.74, 6) is 1.41. The number of aromatic nitrogens is 5. The number of nitrogens with zero attached hydrogens (tertiary/aromatic N) is 5. The van der Waals surface area contributed by atoms with Crippen molar-refractivity contribution in [3.8, 4) is 22.6 Å². The quantitative estimate of drug-likeness (QED) is 0.469. The van der Waals surface area contributed by atoms with E-state index in [1.807, 2.05) is 60.1 Å². The van der Waals surface area contributed by atoms with Crippen LogP contribution in [0.25, 0.3) is 33.5 Å². The Bertz CT molecular complexity index is 1300. The minimum atomic E-state index is 0.570. The second-order valence-corrected chi connectivity index (χ2v) is 7.03. The molecule has 0 spiro atoms. The minimum Gasteiger partial charge on any atom is -0.364 e. The highest BCUT2D eigenvalue weighted by atomic mass is 15.1. The van der Waals surface area contributed by atoms with E-state index in [0.717, 1.165) is 39.2 Å². The molecule has 1 N–H and O–H groups in total.